The van der Waals surface area contributed by atoms with E-state index in [-0.39, 0.29) is 18.4 Å². The van der Waals surface area contributed by atoms with Gasteiger partial charge in [-0.05, 0) is 13.1 Å². The van der Waals surface area contributed by atoms with E-state index in [0.717, 1.165) is 19.6 Å². The maximum Gasteiger partial charge on any atom is 0.241 e. The molecule has 7 heteroatoms. The van der Waals surface area contributed by atoms with Crippen LogP contribution in [-0.4, -0.2) is 51.8 Å². The van der Waals surface area contributed by atoms with E-state index in [9.17, 15) is 4.79 Å². The molecule has 0 atom stereocenters. The molecule has 0 aliphatic rings. The van der Waals surface area contributed by atoms with E-state index < -0.39 is 0 Å². The smallest absolute Gasteiger partial charge is 0.241 e. The van der Waals surface area contributed by atoms with E-state index in [1.165, 1.54) is 11.0 Å². The van der Waals surface area contributed by atoms with Gasteiger partial charge in [0.05, 0.1) is 0 Å². The van der Waals surface area contributed by atoms with E-state index >= 15 is 0 Å². The summed E-state index contributed by atoms with van der Waals surface area (Å²) in [5.41, 5.74) is 5.35. The normalized spacial score (nSPS) is 10.8. The van der Waals surface area contributed by atoms with Crippen molar-refractivity contribution in [3.63, 3.8) is 0 Å². The number of carbonyl (C=O) groups excluding carboxylic acids is 1. The van der Waals surface area contributed by atoms with Crippen LogP contribution in [0.3, 0.4) is 0 Å². The highest BCUT2D eigenvalue weighted by Gasteiger charge is 2.05. The summed E-state index contributed by atoms with van der Waals surface area (Å²) >= 11 is 0. The van der Waals surface area contributed by atoms with Gasteiger partial charge in [0.1, 0.15) is 12.9 Å². The fourth-order valence-electron chi connectivity index (χ4n) is 1.48. The molecule has 0 aliphatic carbocycles. The molecule has 0 aromatic carbocycles. The van der Waals surface area contributed by atoms with Gasteiger partial charge in [-0.25, -0.2) is 9.67 Å². The number of hydrogen-bond acceptors (Lipinski definition) is 5. The molecule has 0 aliphatic heterocycles. The van der Waals surface area contributed by atoms with Crippen molar-refractivity contribution in [2.75, 3.05) is 31.9 Å². The molecule has 0 saturated heterocycles. The number of anilines is 1. The van der Waals surface area contributed by atoms with Crippen molar-refractivity contribution in [2.45, 2.75) is 20.4 Å². The summed E-state index contributed by atoms with van der Waals surface area (Å²) in [4.78, 5) is 17.5. The SMILES string of the molecule is CCN(CC)CCNC(=O)Cn1cnc(N)n1. The molecule has 0 saturated carbocycles. The van der Waals surface area contributed by atoms with Crippen LogP contribution < -0.4 is 11.1 Å². The first-order valence-electron chi connectivity index (χ1n) is 5.79. The molecule has 1 rings (SSSR count). The quantitative estimate of drug-likeness (QED) is 0.659. The molecule has 0 bridgehead atoms. The molecule has 1 heterocycles. The Morgan fingerprint density at radius 3 is 2.76 bits per heavy atom. The predicted molar refractivity (Wildman–Crippen MR) is 65.2 cm³/mol. The maximum absolute atomic E-state index is 11.5. The minimum absolute atomic E-state index is 0.0814. The molecule has 0 fully saturated rings. The Bertz CT molecular complexity index is 346. The van der Waals surface area contributed by atoms with E-state index in [1.807, 2.05) is 0 Å². The molecule has 96 valence electrons. The first-order chi connectivity index (χ1) is 8.15. The van der Waals surface area contributed by atoms with Crippen LogP contribution in [0.4, 0.5) is 5.95 Å². The minimum atomic E-state index is -0.0814. The summed E-state index contributed by atoms with van der Waals surface area (Å²) in [6.07, 6.45) is 1.44. The highest BCUT2D eigenvalue weighted by Crippen LogP contribution is 1.89. The first kappa shape index (κ1) is 13.4. The third-order valence-corrected chi connectivity index (χ3v) is 2.50. The molecule has 0 unspecified atom stereocenters. The highest BCUT2D eigenvalue weighted by atomic mass is 16.2. The second-order valence-electron chi connectivity index (χ2n) is 3.68. The number of likely N-dealkylation sites (N-methyl/N-ethyl adjacent to an activating group) is 1. The summed E-state index contributed by atoms with van der Waals surface area (Å²) in [6, 6.07) is 0. The lowest BCUT2D eigenvalue weighted by atomic mass is 10.4. The van der Waals surface area contributed by atoms with Gasteiger partial charge in [-0.2, -0.15) is 0 Å². The molecule has 7 nitrogen and oxygen atoms in total. The number of aromatic nitrogens is 3. The fourth-order valence-corrected chi connectivity index (χ4v) is 1.48. The van der Waals surface area contributed by atoms with Crippen LogP contribution in [-0.2, 0) is 11.3 Å². The molecule has 1 aromatic heterocycles. The number of amides is 1. The van der Waals surface area contributed by atoms with Crippen LogP contribution in [0.25, 0.3) is 0 Å². The first-order valence-corrected chi connectivity index (χ1v) is 5.79. The number of rotatable bonds is 7. The van der Waals surface area contributed by atoms with E-state index in [4.69, 9.17) is 5.73 Å². The van der Waals surface area contributed by atoms with Crippen molar-refractivity contribution >= 4 is 11.9 Å². The van der Waals surface area contributed by atoms with Crippen molar-refractivity contribution in [1.82, 2.24) is 25.0 Å². The van der Waals surface area contributed by atoms with Crippen LogP contribution in [0.2, 0.25) is 0 Å². The molecular weight excluding hydrogens is 220 g/mol. The van der Waals surface area contributed by atoms with E-state index in [0.29, 0.717) is 6.54 Å². The Labute approximate surface area is 101 Å². The largest absolute Gasteiger partial charge is 0.367 e. The summed E-state index contributed by atoms with van der Waals surface area (Å²) < 4.78 is 1.42. The van der Waals surface area contributed by atoms with Crippen LogP contribution >= 0.6 is 0 Å². The van der Waals surface area contributed by atoms with Crippen LogP contribution in [0.15, 0.2) is 6.33 Å². The number of hydrogen-bond donors (Lipinski definition) is 2. The van der Waals surface area contributed by atoms with Crippen molar-refractivity contribution in [2.24, 2.45) is 0 Å². The Morgan fingerprint density at radius 2 is 2.24 bits per heavy atom. The third kappa shape index (κ3) is 4.81. The standard InChI is InChI=1S/C10H20N6O/c1-3-15(4-2)6-5-12-9(17)7-16-8-13-10(11)14-16/h8H,3-7H2,1-2H3,(H2,11,14)(H,12,17). The second kappa shape index (κ2) is 6.85. The molecule has 0 spiro atoms. The molecule has 3 N–H and O–H groups in total. The number of carbonyl (C=O) groups is 1. The van der Waals surface area contributed by atoms with Crippen LogP contribution in [0.5, 0.6) is 0 Å². The van der Waals surface area contributed by atoms with Crippen LogP contribution in [0.1, 0.15) is 13.8 Å². The highest BCUT2D eigenvalue weighted by molar-refractivity contribution is 5.75. The lowest BCUT2D eigenvalue weighted by molar-refractivity contribution is -0.121. The Morgan fingerprint density at radius 1 is 1.53 bits per heavy atom. The summed E-state index contributed by atoms with van der Waals surface area (Å²) in [5.74, 6) is 0.1000. The predicted octanol–water partition coefficient (Wildman–Crippen LogP) is -0.682. The van der Waals surface area contributed by atoms with Gasteiger partial charge in [0.15, 0.2) is 0 Å². The van der Waals surface area contributed by atoms with E-state index in [2.05, 4.69) is 34.1 Å². The Hall–Kier alpha value is -1.63. The number of nitrogens with one attached hydrogen (secondary N) is 1. The van der Waals surface area contributed by atoms with Gasteiger partial charge in [-0.1, -0.05) is 13.8 Å². The Kier molecular flexibility index (Phi) is 5.41. The van der Waals surface area contributed by atoms with Gasteiger partial charge in [-0.3, -0.25) is 4.79 Å². The zero-order valence-electron chi connectivity index (χ0n) is 10.4. The average molecular weight is 240 g/mol. The zero-order valence-corrected chi connectivity index (χ0v) is 10.4. The lowest BCUT2D eigenvalue weighted by Crippen LogP contribution is -2.36. The van der Waals surface area contributed by atoms with Crippen molar-refractivity contribution in [1.29, 1.82) is 0 Å². The summed E-state index contributed by atoms with van der Waals surface area (Å²) in [7, 11) is 0. The average Bonchev–Trinajstić information content (AvgIpc) is 2.70. The zero-order chi connectivity index (χ0) is 12.7. The van der Waals surface area contributed by atoms with E-state index in [1.54, 1.807) is 0 Å². The minimum Gasteiger partial charge on any atom is -0.367 e. The number of nitrogen functional groups attached to an aromatic ring is 1. The van der Waals surface area contributed by atoms with Gasteiger partial charge in [0, 0.05) is 13.1 Å². The lowest BCUT2D eigenvalue weighted by Gasteiger charge is -2.17. The number of nitrogens with two attached hydrogens (primary N) is 1. The fraction of sp³-hybridized carbons (Fsp3) is 0.700. The molecule has 17 heavy (non-hydrogen) atoms. The second-order valence-corrected chi connectivity index (χ2v) is 3.68. The van der Waals surface area contributed by atoms with Crippen molar-refractivity contribution in [3.05, 3.63) is 6.33 Å². The summed E-state index contributed by atoms with van der Waals surface area (Å²) in [6.45, 7) is 7.84. The van der Waals surface area contributed by atoms with Gasteiger partial charge in [-0.15, -0.1) is 5.10 Å². The molecular formula is C10H20N6O. The van der Waals surface area contributed by atoms with Gasteiger partial charge in [0.25, 0.3) is 0 Å². The summed E-state index contributed by atoms with van der Waals surface area (Å²) in [5, 5.41) is 6.67. The van der Waals surface area contributed by atoms with Gasteiger partial charge in [0.2, 0.25) is 11.9 Å². The van der Waals surface area contributed by atoms with Crippen molar-refractivity contribution < 1.29 is 4.79 Å². The monoisotopic (exact) mass is 240 g/mol. The van der Waals surface area contributed by atoms with Gasteiger partial charge >= 0.3 is 0 Å². The van der Waals surface area contributed by atoms with Gasteiger partial charge < -0.3 is 16.0 Å². The number of nitrogens with zero attached hydrogens (tertiary/aromatic N) is 4. The molecule has 1 amide bonds. The Balaban J connectivity index is 2.21. The topological polar surface area (TPSA) is 89.1 Å². The maximum atomic E-state index is 11.5. The van der Waals surface area contributed by atoms with Crippen molar-refractivity contribution in [3.8, 4) is 0 Å². The molecule has 0 radical (unpaired) electrons. The van der Waals surface area contributed by atoms with Crippen LogP contribution in [0, 0.1) is 0 Å². The molecule has 1 aromatic rings. The third-order valence-electron chi connectivity index (χ3n) is 2.50.